The van der Waals surface area contributed by atoms with Crippen LogP contribution in [0.25, 0.3) is 10.2 Å². The zero-order valence-corrected chi connectivity index (χ0v) is 15.1. The number of aromatic nitrogens is 2. The van der Waals surface area contributed by atoms with E-state index < -0.39 is 5.97 Å². The summed E-state index contributed by atoms with van der Waals surface area (Å²) in [6, 6.07) is 5.54. The Kier molecular flexibility index (Phi) is 5.32. The predicted molar refractivity (Wildman–Crippen MR) is 96.2 cm³/mol. The van der Waals surface area contributed by atoms with Gasteiger partial charge in [0, 0.05) is 4.88 Å². The number of thiophene rings is 1. The first-order valence-corrected chi connectivity index (χ1v) is 8.76. The molecule has 0 radical (unpaired) electrons. The lowest BCUT2D eigenvalue weighted by Crippen LogP contribution is -2.26. The summed E-state index contributed by atoms with van der Waals surface area (Å²) in [4.78, 5) is 30.4. The van der Waals surface area contributed by atoms with Crippen LogP contribution in [0.4, 0.5) is 4.39 Å². The van der Waals surface area contributed by atoms with Crippen molar-refractivity contribution in [1.82, 2.24) is 9.55 Å². The second-order valence-electron chi connectivity index (χ2n) is 5.66. The van der Waals surface area contributed by atoms with Crippen molar-refractivity contribution >= 4 is 27.5 Å². The van der Waals surface area contributed by atoms with Gasteiger partial charge in [0.05, 0.1) is 11.7 Å². The fourth-order valence-corrected chi connectivity index (χ4v) is 3.40. The standard InChI is InChI=1S/C18H17FN2O4S/c1-11-12(2)26-17-16(11)18(23)21(10-20-17)9-15(22)25-8-7-24-14-5-3-13(19)4-6-14/h3-6,10H,7-9H2,1-2H3. The van der Waals surface area contributed by atoms with Gasteiger partial charge in [0.25, 0.3) is 5.56 Å². The number of ether oxygens (including phenoxy) is 2. The fourth-order valence-electron chi connectivity index (χ4n) is 2.41. The summed E-state index contributed by atoms with van der Waals surface area (Å²) in [5.74, 6) is -0.423. The van der Waals surface area contributed by atoms with Crippen LogP contribution in [0.2, 0.25) is 0 Å². The Morgan fingerprint density at radius 2 is 1.96 bits per heavy atom. The Morgan fingerprint density at radius 1 is 1.23 bits per heavy atom. The molecular formula is C18H17FN2O4S. The molecule has 0 bridgehead atoms. The number of benzene rings is 1. The smallest absolute Gasteiger partial charge is 0.326 e. The van der Waals surface area contributed by atoms with E-state index in [1.807, 2.05) is 13.8 Å². The molecule has 0 saturated heterocycles. The lowest BCUT2D eigenvalue weighted by atomic mass is 10.2. The molecule has 0 atom stereocenters. The molecule has 3 aromatic rings. The molecule has 0 aliphatic carbocycles. The quantitative estimate of drug-likeness (QED) is 0.489. The van der Waals surface area contributed by atoms with Gasteiger partial charge in [0.1, 0.15) is 36.2 Å². The van der Waals surface area contributed by atoms with Gasteiger partial charge in [0.2, 0.25) is 0 Å². The summed E-state index contributed by atoms with van der Waals surface area (Å²) in [6.45, 7) is 3.74. The SMILES string of the molecule is Cc1sc2ncn(CC(=O)OCCOc3ccc(F)cc3)c(=O)c2c1C. The minimum atomic E-state index is -0.555. The molecule has 26 heavy (non-hydrogen) atoms. The van der Waals surface area contributed by atoms with E-state index in [4.69, 9.17) is 9.47 Å². The molecule has 8 heteroatoms. The Morgan fingerprint density at radius 3 is 2.69 bits per heavy atom. The highest BCUT2D eigenvalue weighted by molar-refractivity contribution is 7.18. The van der Waals surface area contributed by atoms with Crippen molar-refractivity contribution in [2.24, 2.45) is 0 Å². The molecule has 1 aromatic carbocycles. The number of rotatable bonds is 6. The summed E-state index contributed by atoms with van der Waals surface area (Å²) in [7, 11) is 0. The van der Waals surface area contributed by atoms with Crippen LogP contribution in [-0.4, -0.2) is 28.7 Å². The number of aryl methyl sites for hydroxylation is 2. The van der Waals surface area contributed by atoms with Crippen LogP contribution in [0.1, 0.15) is 10.4 Å². The van der Waals surface area contributed by atoms with Crippen molar-refractivity contribution in [3.8, 4) is 5.75 Å². The third-order valence-electron chi connectivity index (χ3n) is 3.88. The number of carbonyl (C=O) groups excluding carboxylic acids is 1. The Bertz CT molecular complexity index is 995. The van der Waals surface area contributed by atoms with E-state index in [-0.39, 0.29) is 31.1 Å². The van der Waals surface area contributed by atoms with Gasteiger partial charge in [-0.3, -0.25) is 14.2 Å². The van der Waals surface area contributed by atoms with Crippen LogP contribution in [0.15, 0.2) is 35.4 Å². The van der Waals surface area contributed by atoms with Crippen LogP contribution in [-0.2, 0) is 16.1 Å². The van der Waals surface area contributed by atoms with Gasteiger partial charge in [0.15, 0.2) is 0 Å². The van der Waals surface area contributed by atoms with E-state index in [0.29, 0.717) is 16.0 Å². The van der Waals surface area contributed by atoms with Gasteiger partial charge in [-0.25, -0.2) is 9.37 Å². The van der Waals surface area contributed by atoms with Crippen molar-refractivity contribution in [2.75, 3.05) is 13.2 Å². The minimum Gasteiger partial charge on any atom is -0.490 e. The van der Waals surface area contributed by atoms with E-state index in [2.05, 4.69) is 4.98 Å². The molecule has 2 aromatic heterocycles. The van der Waals surface area contributed by atoms with Crippen LogP contribution in [0.5, 0.6) is 5.75 Å². The second kappa shape index (κ2) is 7.65. The lowest BCUT2D eigenvalue weighted by Gasteiger charge is -2.08. The first-order valence-electron chi connectivity index (χ1n) is 7.95. The molecule has 0 aliphatic rings. The molecule has 0 aliphatic heterocycles. The van der Waals surface area contributed by atoms with Crippen LogP contribution < -0.4 is 10.3 Å². The second-order valence-corrected chi connectivity index (χ2v) is 6.87. The maximum Gasteiger partial charge on any atom is 0.326 e. The summed E-state index contributed by atoms with van der Waals surface area (Å²) < 4.78 is 24.4. The third-order valence-corrected chi connectivity index (χ3v) is 5.00. The number of fused-ring (bicyclic) bond motifs is 1. The van der Waals surface area contributed by atoms with Crippen molar-refractivity contribution in [1.29, 1.82) is 0 Å². The number of carbonyl (C=O) groups is 1. The van der Waals surface area contributed by atoms with Crippen molar-refractivity contribution in [3.05, 3.63) is 57.2 Å². The van der Waals surface area contributed by atoms with Gasteiger partial charge in [-0.15, -0.1) is 11.3 Å². The van der Waals surface area contributed by atoms with Gasteiger partial charge in [-0.2, -0.15) is 0 Å². The molecule has 0 unspecified atom stereocenters. The zero-order chi connectivity index (χ0) is 18.7. The number of esters is 1. The highest BCUT2D eigenvalue weighted by atomic mass is 32.1. The number of hydrogen-bond acceptors (Lipinski definition) is 6. The molecule has 0 fully saturated rings. The monoisotopic (exact) mass is 376 g/mol. The molecule has 0 saturated carbocycles. The number of hydrogen-bond donors (Lipinski definition) is 0. The molecule has 136 valence electrons. The average molecular weight is 376 g/mol. The summed E-state index contributed by atoms with van der Waals surface area (Å²) in [5, 5.41) is 0.544. The molecule has 0 spiro atoms. The van der Waals surface area contributed by atoms with Gasteiger partial charge < -0.3 is 9.47 Å². The molecule has 0 N–H and O–H groups in total. The minimum absolute atomic E-state index is 0.0250. The number of halogens is 1. The highest BCUT2D eigenvalue weighted by Crippen LogP contribution is 2.25. The number of nitrogens with zero attached hydrogens (tertiary/aromatic N) is 2. The molecule has 0 amide bonds. The van der Waals surface area contributed by atoms with E-state index in [1.54, 1.807) is 0 Å². The maximum absolute atomic E-state index is 12.8. The first kappa shape index (κ1) is 18.1. The maximum atomic E-state index is 12.8. The normalized spacial score (nSPS) is 10.9. The fraction of sp³-hybridized carbons (Fsp3) is 0.278. The van der Waals surface area contributed by atoms with Gasteiger partial charge in [-0.05, 0) is 43.7 Å². The van der Waals surface area contributed by atoms with Gasteiger partial charge in [-0.1, -0.05) is 0 Å². The Balaban J connectivity index is 1.56. The van der Waals surface area contributed by atoms with Crippen molar-refractivity contribution in [3.63, 3.8) is 0 Å². The summed E-state index contributed by atoms with van der Waals surface area (Å²) in [6.07, 6.45) is 1.36. The third kappa shape index (κ3) is 3.91. The predicted octanol–water partition coefficient (Wildman–Crippen LogP) is 2.84. The summed E-state index contributed by atoms with van der Waals surface area (Å²) >= 11 is 1.46. The van der Waals surface area contributed by atoms with Crippen molar-refractivity contribution in [2.45, 2.75) is 20.4 Å². The Hall–Kier alpha value is -2.74. The summed E-state index contributed by atoms with van der Waals surface area (Å²) in [5.41, 5.74) is 0.634. The largest absolute Gasteiger partial charge is 0.490 e. The lowest BCUT2D eigenvalue weighted by molar-refractivity contribution is -0.145. The average Bonchev–Trinajstić information content (AvgIpc) is 2.91. The molecule has 2 heterocycles. The van der Waals surface area contributed by atoms with Crippen LogP contribution >= 0.6 is 11.3 Å². The highest BCUT2D eigenvalue weighted by Gasteiger charge is 2.14. The van der Waals surface area contributed by atoms with Crippen LogP contribution in [0, 0.1) is 19.7 Å². The molecule has 6 nitrogen and oxygen atoms in total. The van der Waals surface area contributed by atoms with E-state index >= 15 is 0 Å². The molecular weight excluding hydrogens is 359 g/mol. The van der Waals surface area contributed by atoms with E-state index in [1.165, 1.54) is 46.5 Å². The Labute approximate surface area is 152 Å². The van der Waals surface area contributed by atoms with Gasteiger partial charge >= 0.3 is 5.97 Å². The van der Waals surface area contributed by atoms with Crippen LogP contribution in [0.3, 0.4) is 0 Å². The molecule has 3 rings (SSSR count). The van der Waals surface area contributed by atoms with Crippen molar-refractivity contribution < 1.29 is 18.7 Å². The topological polar surface area (TPSA) is 70.4 Å². The zero-order valence-electron chi connectivity index (χ0n) is 14.3. The van der Waals surface area contributed by atoms with E-state index in [9.17, 15) is 14.0 Å². The van der Waals surface area contributed by atoms with E-state index in [0.717, 1.165) is 10.4 Å². The first-order chi connectivity index (χ1) is 12.5.